The topological polar surface area (TPSA) is 206 Å². The van der Waals surface area contributed by atoms with Gasteiger partial charge in [0.25, 0.3) is 0 Å². The predicted octanol–water partition coefficient (Wildman–Crippen LogP) is 7.67. The van der Waals surface area contributed by atoms with Gasteiger partial charge in [-0.3, -0.25) is 23.4 Å². The Balaban J connectivity index is 2.45. The average Bonchev–Trinajstić information content (AvgIpc) is 3.43. The Kier molecular flexibility index (Phi) is 30.1. The fraction of sp³-hybridized carbons (Fsp3) is 0.881. The lowest BCUT2D eigenvalue weighted by atomic mass is 9.88. The standard InChI is InChI=1S/C42H77O13P/c1-4-5-16-22-34(44)26-27-38-37(39(46)28-40(38)47)23-18-14-15-19-24-41(48)52-31-36(32-54-56(50,51)53-30-35(45)29-43)55-42(49)25-20-13-11-9-7-6-8-10-12-17-21-33(2)3/h26-27,33-38,40,43-45,47H,4-25,28-32H2,1-3H3,(H,50,51)/b27-26+/t34-,35-,36+,37+,38+,40+/m0/s1. The van der Waals surface area contributed by atoms with Gasteiger partial charge in [-0.25, -0.2) is 4.57 Å². The Morgan fingerprint density at radius 2 is 1.34 bits per heavy atom. The first-order valence-electron chi connectivity index (χ1n) is 21.6. The molecule has 1 rings (SSSR count). The summed E-state index contributed by atoms with van der Waals surface area (Å²) < 4.78 is 32.7. The molecular formula is C42H77O13P. The Labute approximate surface area is 336 Å². The molecule has 13 nitrogen and oxygen atoms in total. The normalized spacial score (nSPS) is 20.0. The van der Waals surface area contributed by atoms with E-state index in [4.69, 9.17) is 19.1 Å². The molecule has 0 aromatic heterocycles. The van der Waals surface area contributed by atoms with Gasteiger partial charge in [0.1, 0.15) is 18.5 Å². The van der Waals surface area contributed by atoms with Gasteiger partial charge in [0.2, 0.25) is 0 Å². The number of ketones is 1. The first kappa shape index (κ1) is 52.3. The van der Waals surface area contributed by atoms with Crippen LogP contribution in [0.5, 0.6) is 0 Å². The van der Waals surface area contributed by atoms with Crippen molar-refractivity contribution in [1.82, 2.24) is 0 Å². The van der Waals surface area contributed by atoms with Crippen molar-refractivity contribution in [2.45, 2.75) is 193 Å². The molecule has 0 radical (unpaired) electrons. The number of ether oxygens (including phenoxy) is 2. The van der Waals surface area contributed by atoms with Crippen molar-refractivity contribution in [3.05, 3.63) is 12.2 Å². The maximum absolute atomic E-state index is 12.6. The average molecular weight is 821 g/mol. The minimum absolute atomic E-state index is 0.0335. The molecule has 7 atom stereocenters. The van der Waals surface area contributed by atoms with Gasteiger partial charge >= 0.3 is 19.8 Å². The SMILES string of the molecule is CCCCC[C@H](O)/C=C/[C@H]1[C@H](O)CC(=O)[C@@H]1CCCCCCC(=O)OC[C@H](COP(=O)(O)OC[C@@H](O)CO)OC(=O)CCCCCCCCCCCCC(C)C. The summed E-state index contributed by atoms with van der Waals surface area (Å²) in [5, 5.41) is 39.0. The number of hydrogen-bond donors (Lipinski definition) is 5. The molecule has 328 valence electrons. The minimum atomic E-state index is -4.67. The Morgan fingerprint density at radius 3 is 1.95 bits per heavy atom. The summed E-state index contributed by atoms with van der Waals surface area (Å²) >= 11 is 0. The van der Waals surface area contributed by atoms with Gasteiger partial charge in [0.05, 0.1) is 32.0 Å². The lowest BCUT2D eigenvalue weighted by Gasteiger charge is -2.20. The molecule has 1 fully saturated rings. The fourth-order valence-corrected chi connectivity index (χ4v) is 7.63. The molecule has 0 aliphatic heterocycles. The van der Waals surface area contributed by atoms with E-state index in [1.807, 2.05) is 0 Å². The number of aliphatic hydroxyl groups excluding tert-OH is 4. The number of Topliss-reactive ketones (excluding diaryl/α,β-unsaturated/α-hetero) is 1. The van der Waals surface area contributed by atoms with Crippen LogP contribution in [-0.2, 0) is 37.5 Å². The summed E-state index contributed by atoms with van der Waals surface area (Å²) in [6.45, 7) is 4.30. The fourth-order valence-electron chi connectivity index (χ4n) is 6.84. The molecule has 1 saturated carbocycles. The van der Waals surface area contributed by atoms with Crippen molar-refractivity contribution in [1.29, 1.82) is 0 Å². The molecule has 1 aliphatic carbocycles. The van der Waals surface area contributed by atoms with E-state index in [9.17, 15) is 39.2 Å². The van der Waals surface area contributed by atoms with E-state index < -0.39 is 70.6 Å². The summed E-state index contributed by atoms with van der Waals surface area (Å²) in [5.41, 5.74) is 0. The molecule has 0 bridgehead atoms. The summed E-state index contributed by atoms with van der Waals surface area (Å²) in [4.78, 5) is 47.7. The number of carbonyl (C=O) groups is 3. The highest BCUT2D eigenvalue weighted by Crippen LogP contribution is 2.43. The number of phosphoric ester groups is 1. The molecule has 0 amide bonds. The second kappa shape index (κ2) is 32.2. The Bertz CT molecular complexity index is 1120. The van der Waals surface area contributed by atoms with E-state index in [1.54, 1.807) is 12.2 Å². The minimum Gasteiger partial charge on any atom is -0.462 e. The number of esters is 2. The quantitative estimate of drug-likeness (QED) is 0.0178. The molecule has 1 aliphatic rings. The van der Waals surface area contributed by atoms with Crippen molar-refractivity contribution < 1.29 is 62.8 Å². The molecule has 56 heavy (non-hydrogen) atoms. The highest BCUT2D eigenvalue weighted by Gasteiger charge is 2.39. The van der Waals surface area contributed by atoms with Crippen LogP contribution < -0.4 is 0 Å². The van der Waals surface area contributed by atoms with Crippen LogP contribution in [0.1, 0.15) is 168 Å². The van der Waals surface area contributed by atoms with E-state index in [1.165, 1.54) is 44.9 Å². The largest absolute Gasteiger partial charge is 0.472 e. The summed E-state index contributed by atoms with van der Waals surface area (Å²) in [7, 11) is -4.67. The first-order valence-corrected chi connectivity index (χ1v) is 23.1. The predicted molar refractivity (Wildman–Crippen MR) is 216 cm³/mol. The summed E-state index contributed by atoms with van der Waals surface area (Å²) in [6.07, 6.45) is 19.5. The molecule has 1 unspecified atom stereocenters. The molecule has 14 heteroatoms. The zero-order valence-electron chi connectivity index (χ0n) is 34.7. The van der Waals surface area contributed by atoms with Crippen molar-refractivity contribution in [2.24, 2.45) is 17.8 Å². The third-order valence-electron chi connectivity index (χ3n) is 10.2. The van der Waals surface area contributed by atoms with Gasteiger partial charge in [-0.2, -0.15) is 0 Å². The number of carbonyl (C=O) groups excluding carboxylic acids is 3. The second-order valence-electron chi connectivity index (χ2n) is 16.0. The molecule has 0 aromatic carbocycles. The maximum atomic E-state index is 12.6. The van der Waals surface area contributed by atoms with Crippen LogP contribution in [0.25, 0.3) is 0 Å². The molecular weight excluding hydrogens is 743 g/mol. The third-order valence-corrected chi connectivity index (χ3v) is 11.2. The van der Waals surface area contributed by atoms with E-state index in [0.717, 1.165) is 57.3 Å². The van der Waals surface area contributed by atoms with Gasteiger partial charge in [-0.05, 0) is 31.6 Å². The van der Waals surface area contributed by atoms with E-state index in [-0.39, 0.29) is 36.9 Å². The smallest absolute Gasteiger partial charge is 0.462 e. The monoisotopic (exact) mass is 821 g/mol. The third kappa shape index (κ3) is 27.1. The number of hydrogen-bond acceptors (Lipinski definition) is 12. The molecule has 5 N–H and O–H groups in total. The van der Waals surface area contributed by atoms with Gasteiger partial charge in [-0.15, -0.1) is 0 Å². The van der Waals surface area contributed by atoms with Crippen molar-refractivity contribution in [3.63, 3.8) is 0 Å². The number of rotatable bonds is 36. The highest BCUT2D eigenvalue weighted by molar-refractivity contribution is 7.47. The van der Waals surface area contributed by atoms with Gasteiger partial charge in [-0.1, -0.05) is 136 Å². The van der Waals surface area contributed by atoms with Crippen LogP contribution >= 0.6 is 7.82 Å². The molecule has 0 heterocycles. The Hall–Kier alpha value is -1.70. The number of unbranched alkanes of at least 4 members (excludes halogenated alkanes) is 14. The molecule has 0 spiro atoms. The zero-order chi connectivity index (χ0) is 41.6. The number of aliphatic hydroxyl groups is 4. The lowest BCUT2D eigenvalue weighted by Crippen LogP contribution is -2.29. The van der Waals surface area contributed by atoms with Crippen molar-refractivity contribution >= 4 is 25.5 Å². The Morgan fingerprint density at radius 1 is 0.786 bits per heavy atom. The second-order valence-corrected chi connectivity index (χ2v) is 17.4. The number of phosphoric acid groups is 1. The maximum Gasteiger partial charge on any atom is 0.472 e. The van der Waals surface area contributed by atoms with Crippen LogP contribution in [-0.4, -0.2) is 93.9 Å². The first-order chi connectivity index (χ1) is 26.8. The molecule has 0 aromatic rings. The van der Waals surface area contributed by atoms with Gasteiger partial charge < -0.3 is 34.8 Å². The lowest BCUT2D eigenvalue weighted by molar-refractivity contribution is -0.161. The van der Waals surface area contributed by atoms with Crippen molar-refractivity contribution in [2.75, 3.05) is 26.4 Å². The van der Waals surface area contributed by atoms with Crippen LogP contribution in [0, 0.1) is 17.8 Å². The van der Waals surface area contributed by atoms with Crippen LogP contribution in [0.15, 0.2) is 12.2 Å². The van der Waals surface area contributed by atoms with Gasteiger partial charge in [0.15, 0.2) is 6.10 Å². The van der Waals surface area contributed by atoms with Gasteiger partial charge in [0, 0.05) is 31.1 Å². The zero-order valence-corrected chi connectivity index (χ0v) is 35.6. The van der Waals surface area contributed by atoms with Crippen molar-refractivity contribution in [3.8, 4) is 0 Å². The summed E-state index contributed by atoms with van der Waals surface area (Å²) in [6, 6.07) is 0. The highest BCUT2D eigenvalue weighted by atomic mass is 31.2. The van der Waals surface area contributed by atoms with E-state index >= 15 is 0 Å². The van der Waals surface area contributed by atoms with Crippen LogP contribution in [0.2, 0.25) is 0 Å². The summed E-state index contributed by atoms with van der Waals surface area (Å²) in [5.74, 6) is -0.880. The van der Waals surface area contributed by atoms with Crippen LogP contribution in [0.4, 0.5) is 0 Å². The van der Waals surface area contributed by atoms with E-state index in [0.29, 0.717) is 32.1 Å². The van der Waals surface area contributed by atoms with Crippen LogP contribution in [0.3, 0.4) is 0 Å². The van der Waals surface area contributed by atoms with E-state index in [2.05, 4.69) is 25.3 Å². The molecule has 0 saturated heterocycles.